The maximum Gasteiger partial charge on any atom is 0.324 e. The average Bonchev–Trinajstić information content (AvgIpc) is 3.19. The predicted molar refractivity (Wildman–Crippen MR) is 129 cm³/mol. The summed E-state index contributed by atoms with van der Waals surface area (Å²) in [6.07, 6.45) is -0.305. The Labute approximate surface area is 206 Å². The highest BCUT2D eigenvalue weighted by atomic mass is 32.2. The third kappa shape index (κ3) is 8.16. The third-order valence-corrected chi connectivity index (χ3v) is 7.80. The van der Waals surface area contributed by atoms with Gasteiger partial charge in [0.1, 0.15) is 19.3 Å². The van der Waals surface area contributed by atoms with Crippen molar-refractivity contribution in [1.82, 2.24) is 0 Å². The fraction of sp³-hybridized carbons (Fsp3) is 0.462. The zero-order chi connectivity index (χ0) is 25.5. The number of esters is 2. The molecule has 0 spiro atoms. The summed E-state index contributed by atoms with van der Waals surface area (Å²) in [6.45, 7) is 4.91. The van der Waals surface area contributed by atoms with Crippen LogP contribution in [0, 0.1) is 5.92 Å². The minimum atomic E-state index is -4.02. The fourth-order valence-electron chi connectivity index (χ4n) is 3.66. The highest BCUT2D eigenvalue weighted by Crippen LogP contribution is 2.23. The molecule has 2 aromatic carbocycles. The zero-order valence-corrected chi connectivity index (χ0v) is 21.0. The van der Waals surface area contributed by atoms with Crippen molar-refractivity contribution in [2.24, 2.45) is 5.92 Å². The molecular weight excluding hydrogens is 472 g/mol. The molecule has 1 aliphatic heterocycles. The van der Waals surface area contributed by atoms with E-state index in [9.17, 15) is 18.0 Å². The highest BCUT2D eigenvalue weighted by molar-refractivity contribution is 7.92. The normalized spacial score (nSPS) is 19.0. The van der Waals surface area contributed by atoms with E-state index in [4.69, 9.17) is 18.9 Å². The van der Waals surface area contributed by atoms with Crippen LogP contribution in [0.5, 0.6) is 0 Å². The molecule has 0 aliphatic carbocycles. The van der Waals surface area contributed by atoms with Crippen LogP contribution in [-0.4, -0.2) is 56.5 Å². The van der Waals surface area contributed by atoms with Gasteiger partial charge in [0.25, 0.3) is 0 Å². The molecule has 9 heteroatoms. The first kappa shape index (κ1) is 26.8. The molecule has 0 N–H and O–H groups in total. The Bertz CT molecular complexity index is 1080. The minimum absolute atomic E-state index is 0.0302. The lowest BCUT2D eigenvalue weighted by atomic mass is 10.0. The topological polar surface area (TPSA) is 105 Å². The monoisotopic (exact) mass is 504 g/mol. The molecule has 8 nitrogen and oxygen atoms in total. The summed E-state index contributed by atoms with van der Waals surface area (Å²) < 4.78 is 47.8. The van der Waals surface area contributed by atoms with Crippen LogP contribution in [0.3, 0.4) is 0 Å². The Morgan fingerprint density at radius 2 is 1.57 bits per heavy atom. The number of ether oxygens (including phenoxy) is 4. The summed E-state index contributed by atoms with van der Waals surface area (Å²) in [5, 5.41) is -1.45. The van der Waals surface area contributed by atoms with Crippen LogP contribution in [0.2, 0.25) is 0 Å². The first-order valence-electron chi connectivity index (χ1n) is 11.5. The maximum atomic E-state index is 13.1. The van der Waals surface area contributed by atoms with Gasteiger partial charge in [-0.3, -0.25) is 9.59 Å². The summed E-state index contributed by atoms with van der Waals surface area (Å²) in [4.78, 5) is 25.4. The van der Waals surface area contributed by atoms with E-state index in [1.165, 1.54) is 6.92 Å². The average molecular weight is 505 g/mol. The van der Waals surface area contributed by atoms with Gasteiger partial charge < -0.3 is 18.9 Å². The molecule has 0 saturated carbocycles. The van der Waals surface area contributed by atoms with Gasteiger partial charge in [0, 0.05) is 0 Å². The van der Waals surface area contributed by atoms with Crippen LogP contribution in [0.15, 0.2) is 60.7 Å². The SMILES string of the molecule is CC(C(=O)OCC1COC(C)(C)O1)S(=O)(=O)CC(Cc1ccccc1)C(=O)OCc1ccccc1. The van der Waals surface area contributed by atoms with Gasteiger partial charge in [-0.05, 0) is 38.3 Å². The van der Waals surface area contributed by atoms with E-state index >= 15 is 0 Å². The van der Waals surface area contributed by atoms with E-state index in [1.807, 2.05) is 60.7 Å². The van der Waals surface area contributed by atoms with Gasteiger partial charge in [-0.2, -0.15) is 0 Å². The number of hydrogen-bond donors (Lipinski definition) is 0. The maximum absolute atomic E-state index is 13.1. The molecule has 1 aliphatic rings. The molecule has 2 aromatic rings. The molecule has 1 heterocycles. The van der Waals surface area contributed by atoms with Gasteiger partial charge in [0.2, 0.25) is 0 Å². The molecule has 3 unspecified atom stereocenters. The second kappa shape index (κ2) is 11.8. The summed E-state index contributed by atoms with van der Waals surface area (Å²) in [5.74, 6) is -3.83. The van der Waals surface area contributed by atoms with Gasteiger partial charge in [-0.25, -0.2) is 8.42 Å². The molecule has 0 bridgehead atoms. The highest BCUT2D eigenvalue weighted by Gasteiger charge is 2.37. The van der Waals surface area contributed by atoms with E-state index in [2.05, 4.69) is 0 Å². The Morgan fingerprint density at radius 1 is 0.971 bits per heavy atom. The van der Waals surface area contributed by atoms with Crippen molar-refractivity contribution >= 4 is 21.8 Å². The van der Waals surface area contributed by atoms with Gasteiger partial charge in [-0.15, -0.1) is 0 Å². The van der Waals surface area contributed by atoms with Crippen LogP contribution in [0.25, 0.3) is 0 Å². The number of rotatable bonds is 11. The van der Waals surface area contributed by atoms with Crippen molar-refractivity contribution in [3.63, 3.8) is 0 Å². The number of sulfone groups is 1. The van der Waals surface area contributed by atoms with Crippen molar-refractivity contribution in [1.29, 1.82) is 0 Å². The second-order valence-electron chi connectivity index (χ2n) is 9.03. The first-order chi connectivity index (χ1) is 16.6. The zero-order valence-electron chi connectivity index (χ0n) is 20.2. The molecule has 190 valence electrons. The van der Waals surface area contributed by atoms with Gasteiger partial charge in [0.15, 0.2) is 20.9 Å². The van der Waals surface area contributed by atoms with Crippen molar-refractivity contribution in [3.05, 3.63) is 71.8 Å². The van der Waals surface area contributed by atoms with Crippen LogP contribution in [-0.2, 0) is 51.4 Å². The predicted octanol–water partition coefficient (Wildman–Crippen LogP) is 3.09. The Morgan fingerprint density at radius 3 is 2.14 bits per heavy atom. The molecule has 0 aromatic heterocycles. The Balaban J connectivity index is 1.64. The molecule has 0 amide bonds. The van der Waals surface area contributed by atoms with Crippen molar-refractivity contribution in [2.75, 3.05) is 19.0 Å². The van der Waals surface area contributed by atoms with Crippen molar-refractivity contribution in [2.45, 2.75) is 50.9 Å². The summed E-state index contributed by atoms with van der Waals surface area (Å²) in [6, 6.07) is 18.2. The van der Waals surface area contributed by atoms with E-state index in [0.29, 0.717) is 0 Å². The van der Waals surface area contributed by atoms with Crippen LogP contribution >= 0.6 is 0 Å². The van der Waals surface area contributed by atoms with E-state index in [-0.39, 0.29) is 26.2 Å². The van der Waals surface area contributed by atoms with Crippen LogP contribution in [0.4, 0.5) is 0 Å². The fourth-order valence-corrected chi connectivity index (χ4v) is 5.13. The summed E-state index contributed by atoms with van der Waals surface area (Å²) in [7, 11) is -4.02. The van der Waals surface area contributed by atoms with E-state index < -0.39 is 50.6 Å². The molecule has 1 fully saturated rings. The molecule has 3 atom stereocenters. The lowest BCUT2D eigenvalue weighted by molar-refractivity contribution is -0.157. The lowest BCUT2D eigenvalue weighted by Gasteiger charge is -2.20. The molecule has 35 heavy (non-hydrogen) atoms. The van der Waals surface area contributed by atoms with Crippen LogP contribution < -0.4 is 0 Å². The number of carbonyl (C=O) groups excluding carboxylic acids is 2. The van der Waals surface area contributed by atoms with E-state index in [0.717, 1.165) is 11.1 Å². The Kier molecular flexibility index (Phi) is 9.04. The number of hydrogen-bond acceptors (Lipinski definition) is 8. The third-order valence-electron chi connectivity index (χ3n) is 5.67. The number of benzene rings is 2. The van der Waals surface area contributed by atoms with Gasteiger partial charge in [0.05, 0.1) is 18.3 Å². The number of carbonyl (C=O) groups is 2. The second-order valence-corrected chi connectivity index (χ2v) is 11.4. The van der Waals surface area contributed by atoms with Gasteiger partial charge in [-0.1, -0.05) is 60.7 Å². The summed E-state index contributed by atoms with van der Waals surface area (Å²) >= 11 is 0. The first-order valence-corrected chi connectivity index (χ1v) is 13.2. The minimum Gasteiger partial charge on any atom is -0.462 e. The smallest absolute Gasteiger partial charge is 0.324 e. The quantitative estimate of drug-likeness (QED) is 0.430. The summed E-state index contributed by atoms with van der Waals surface area (Å²) in [5.41, 5.74) is 1.58. The molecule has 0 radical (unpaired) electrons. The van der Waals surface area contributed by atoms with E-state index in [1.54, 1.807) is 13.8 Å². The molecular formula is C26H32O8S. The standard InChI is InChI=1S/C26H32O8S/c1-19(24(27)32-16-23-17-33-26(2,3)34-23)35(29,30)18-22(14-20-10-6-4-7-11-20)25(28)31-15-21-12-8-5-9-13-21/h4-13,19,22-23H,14-18H2,1-3H3. The molecule has 3 rings (SSSR count). The Hall–Kier alpha value is -2.75. The lowest BCUT2D eigenvalue weighted by Crippen LogP contribution is -2.37. The largest absolute Gasteiger partial charge is 0.462 e. The van der Waals surface area contributed by atoms with Crippen LogP contribution in [0.1, 0.15) is 31.9 Å². The van der Waals surface area contributed by atoms with Gasteiger partial charge >= 0.3 is 11.9 Å². The molecule has 1 saturated heterocycles. The van der Waals surface area contributed by atoms with Crippen molar-refractivity contribution < 1.29 is 37.0 Å². The van der Waals surface area contributed by atoms with Crippen molar-refractivity contribution in [3.8, 4) is 0 Å².